The Labute approximate surface area is 181 Å². The lowest BCUT2D eigenvalue weighted by Gasteiger charge is -2.13. The smallest absolute Gasteiger partial charge is 0.338 e. The Morgan fingerprint density at radius 1 is 0.903 bits per heavy atom. The monoisotopic (exact) mass is 441 g/mol. The highest BCUT2D eigenvalue weighted by Crippen LogP contribution is 2.27. The topological polar surface area (TPSA) is 90.9 Å². The zero-order chi connectivity index (χ0) is 22.4. The van der Waals surface area contributed by atoms with Gasteiger partial charge in [-0.1, -0.05) is 29.8 Å². The van der Waals surface area contributed by atoms with E-state index in [1.54, 1.807) is 55.6 Å². The second-order valence-corrected chi connectivity index (χ2v) is 8.41. The van der Waals surface area contributed by atoms with Gasteiger partial charge in [0.05, 0.1) is 19.8 Å². The van der Waals surface area contributed by atoms with E-state index >= 15 is 0 Å². The molecule has 1 N–H and O–H groups in total. The largest absolute Gasteiger partial charge is 0.497 e. The van der Waals surface area contributed by atoms with Gasteiger partial charge in [0.1, 0.15) is 23.0 Å². The third kappa shape index (κ3) is 5.55. The first kappa shape index (κ1) is 22.2. The average molecular weight is 442 g/mol. The maximum atomic E-state index is 12.9. The van der Waals surface area contributed by atoms with Crippen LogP contribution in [-0.2, 0) is 21.4 Å². The summed E-state index contributed by atoms with van der Waals surface area (Å²) < 4.78 is 44.0. The van der Waals surface area contributed by atoms with Crippen molar-refractivity contribution in [3.8, 4) is 11.5 Å². The van der Waals surface area contributed by atoms with Crippen LogP contribution in [-0.4, -0.2) is 28.6 Å². The van der Waals surface area contributed by atoms with Crippen molar-refractivity contribution in [3.05, 3.63) is 83.4 Å². The molecule has 0 heterocycles. The van der Waals surface area contributed by atoms with Crippen molar-refractivity contribution in [2.45, 2.75) is 18.4 Å². The van der Waals surface area contributed by atoms with Gasteiger partial charge in [0, 0.05) is 5.69 Å². The number of rotatable bonds is 8. The second-order valence-electron chi connectivity index (χ2n) is 6.76. The van der Waals surface area contributed by atoms with Gasteiger partial charge in [-0.25, -0.2) is 13.2 Å². The Bertz CT molecular complexity index is 1160. The van der Waals surface area contributed by atoms with E-state index in [2.05, 4.69) is 4.72 Å². The number of hydrogen-bond donors (Lipinski definition) is 1. The zero-order valence-electron chi connectivity index (χ0n) is 17.4. The highest BCUT2D eigenvalue weighted by Gasteiger charge is 2.22. The van der Waals surface area contributed by atoms with Crippen molar-refractivity contribution < 1.29 is 27.4 Å². The average Bonchev–Trinajstić information content (AvgIpc) is 2.78. The van der Waals surface area contributed by atoms with E-state index in [-0.39, 0.29) is 22.8 Å². The van der Waals surface area contributed by atoms with Gasteiger partial charge in [-0.05, 0) is 55.0 Å². The number of carbonyl (C=O) groups is 1. The first-order valence-electron chi connectivity index (χ1n) is 9.40. The Hall–Kier alpha value is -3.52. The Balaban J connectivity index is 1.79. The summed E-state index contributed by atoms with van der Waals surface area (Å²) in [6.07, 6.45) is 0. The number of carbonyl (C=O) groups excluding carboxylic acids is 1. The lowest BCUT2D eigenvalue weighted by molar-refractivity contribution is 0.0472. The molecule has 0 radical (unpaired) electrons. The third-order valence-electron chi connectivity index (χ3n) is 4.52. The number of hydrogen-bond acceptors (Lipinski definition) is 6. The van der Waals surface area contributed by atoms with E-state index in [1.807, 2.05) is 6.92 Å². The normalized spacial score (nSPS) is 10.9. The van der Waals surface area contributed by atoms with Gasteiger partial charge in [0.25, 0.3) is 10.0 Å². The number of esters is 1. The van der Waals surface area contributed by atoms with E-state index in [0.717, 1.165) is 11.1 Å². The molecule has 0 aliphatic carbocycles. The second kappa shape index (κ2) is 9.53. The van der Waals surface area contributed by atoms with E-state index in [1.165, 1.54) is 25.3 Å². The van der Waals surface area contributed by atoms with Crippen LogP contribution in [0.25, 0.3) is 0 Å². The quantitative estimate of drug-likeness (QED) is 0.528. The van der Waals surface area contributed by atoms with E-state index in [4.69, 9.17) is 14.2 Å². The summed E-state index contributed by atoms with van der Waals surface area (Å²) in [6.45, 7) is 1.95. The number of anilines is 1. The molecule has 0 aromatic heterocycles. The third-order valence-corrected chi connectivity index (χ3v) is 5.92. The van der Waals surface area contributed by atoms with Gasteiger partial charge in [0.15, 0.2) is 0 Å². The molecule has 0 fully saturated rings. The van der Waals surface area contributed by atoms with Gasteiger partial charge in [-0.2, -0.15) is 0 Å². The number of sulfonamides is 1. The molecule has 0 amide bonds. The Kier molecular flexibility index (Phi) is 6.81. The zero-order valence-corrected chi connectivity index (χ0v) is 18.2. The highest BCUT2D eigenvalue weighted by atomic mass is 32.2. The SMILES string of the molecule is COc1ccc(COC(=O)c2ccc(OC)c(S(=O)(=O)Nc3ccc(C)cc3)c2)cc1. The molecule has 0 aliphatic heterocycles. The molecule has 7 nitrogen and oxygen atoms in total. The van der Waals surface area contributed by atoms with E-state index in [0.29, 0.717) is 11.4 Å². The predicted octanol–water partition coefficient (Wildman–Crippen LogP) is 4.17. The van der Waals surface area contributed by atoms with Crippen LogP contribution < -0.4 is 14.2 Å². The van der Waals surface area contributed by atoms with Crippen molar-refractivity contribution in [2.75, 3.05) is 18.9 Å². The molecule has 0 unspecified atom stereocenters. The fourth-order valence-corrected chi connectivity index (χ4v) is 4.05. The van der Waals surface area contributed by atoms with Gasteiger partial charge in [-0.3, -0.25) is 4.72 Å². The fourth-order valence-electron chi connectivity index (χ4n) is 2.80. The highest BCUT2D eigenvalue weighted by molar-refractivity contribution is 7.92. The van der Waals surface area contributed by atoms with Crippen LogP contribution in [0.3, 0.4) is 0 Å². The summed E-state index contributed by atoms with van der Waals surface area (Å²) >= 11 is 0. The van der Waals surface area contributed by atoms with Crippen LogP contribution in [0.5, 0.6) is 11.5 Å². The van der Waals surface area contributed by atoms with Gasteiger partial charge in [-0.15, -0.1) is 0 Å². The van der Waals surface area contributed by atoms with Crippen LogP contribution in [0, 0.1) is 6.92 Å². The molecule has 162 valence electrons. The fraction of sp³-hybridized carbons (Fsp3) is 0.174. The van der Waals surface area contributed by atoms with Crippen LogP contribution in [0.15, 0.2) is 71.6 Å². The summed E-state index contributed by atoms with van der Waals surface area (Å²) in [6, 6.07) is 18.1. The molecule has 3 rings (SSSR count). The Morgan fingerprint density at radius 2 is 1.58 bits per heavy atom. The van der Waals surface area contributed by atoms with Gasteiger partial charge >= 0.3 is 5.97 Å². The van der Waals surface area contributed by atoms with E-state index in [9.17, 15) is 13.2 Å². The summed E-state index contributed by atoms with van der Waals surface area (Å²) in [7, 11) is -1.07. The van der Waals surface area contributed by atoms with Gasteiger partial charge < -0.3 is 14.2 Å². The number of aryl methyl sites for hydroxylation is 1. The van der Waals surface area contributed by atoms with Crippen molar-refractivity contribution >= 4 is 21.7 Å². The van der Waals surface area contributed by atoms with Crippen molar-refractivity contribution in [1.29, 1.82) is 0 Å². The first-order valence-corrected chi connectivity index (χ1v) is 10.9. The van der Waals surface area contributed by atoms with Crippen LogP contribution in [0.4, 0.5) is 5.69 Å². The lowest BCUT2D eigenvalue weighted by atomic mass is 10.2. The molecule has 0 spiro atoms. The maximum absolute atomic E-state index is 12.9. The van der Waals surface area contributed by atoms with Gasteiger partial charge in [0.2, 0.25) is 0 Å². The van der Waals surface area contributed by atoms with Crippen LogP contribution in [0.2, 0.25) is 0 Å². The minimum atomic E-state index is -4.00. The molecule has 0 atom stereocenters. The molecule has 0 bridgehead atoms. The van der Waals surface area contributed by atoms with Crippen LogP contribution >= 0.6 is 0 Å². The molecule has 8 heteroatoms. The van der Waals surface area contributed by atoms with Crippen LogP contribution in [0.1, 0.15) is 21.5 Å². The molecule has 3 aromatic carbocycles. The number of nitrogens with one attached hydrogen (secondary N) is 1. The maximum Gasteiger partial charge on any atom is 0.338 e. The number of benzene rings is 3. The number of ether oxygens (including phenoxy) is 3. The summed E-state index contributed by atoms with van der Waals surface area (Å²) in [4.78, 5) is 12.4. The summed E-state index contributed by atoms with van der Waals surface area (Å²) in [5.41, 5.74) is 2.28. The van der Waals surface area contributed by atoms with Crippen molar-refractivity contribution in [1.82, 2.24) is 0 Å². The molecular formula is C23H23NO6S. The van der Waals surface area contributed by atoms with Crippen molar-refractivity contribution in [3.63, 3.8) is 0 Å². The standard InChI is InChI=1S/C23H23NO6S/c1-16-4-9-19(10-5-16)24-31(26,27)22-14-18(8-13-21(22)29-3)23(25)30-15-17-6-11-20(28-2)12-7-17/h4-14,24H,15H2,1-3H3. The minimum Gasteiger partial charge on any atom is -0.497 e. The first-order chi connectivity index (χ1) is 14.8. The Morgan fingerprint density at radius 3 is 2.19 bits per heavy atom. The van der Waals surface area contributed by atoms with E-state index < -0.39 is 16.0 Å². The summed E-state index contributed by atoms with van der Waals surface area (Å²) in [5.74, 6) is 0.165. The molecule has 3 aromatic rings. The van der Waals surface area contributed by atoms with Crippen molar-refractivity contribution in [2.24, 2.45) is 0 Å². The molecule has 0 saturated heterocycles. The molecule has 31 heavy (non-hydrogen) atoms. The number of methoxy groups -OCH3 is 2. The molecular weight excluding hydrogens is 418 g/mol. The predicted molar refractivity (Wildman–Crippen MR) is 117 cm³/mol. The summed E-state index contributed by atoms with van der Waals surface area (Å²) in [5, 5.41) is 0. The molecule has 0 saturated carbocycles. The minimum absolute atomic E-state index is 0.0402. The molecule has 0 aliphatic rings. The lowest BCUT2D eigenvalue weighted by Crippen LogP contribution is -2.15.